The molecule has 0 heterocycles. The molecule has 0 bridgehead atoms. The van der Waals surface area contributed by atoms with Gasteiger partial charge in [0.25, 0.3) is 0 Å². The van der Waals surface area contributed by atoms with Crippen molar-refractivity contribution in [2.75, 3.05) is 5.73 Å². The van der Waals surface area contributed by atoms with Crippen LogP contribution in [0.4, 0.5) is 5.69 Å². The molecule has 0 unspecified atom stereocenters. The predicted octanol–water partition coefficient (Wildman–Crippen LogP) is 5.35. The van der Waals surface area contributed by atoms with Crippen molar-refractivity contribution in [1.29, 1.82) is 0 Å². The van der Waals surface area contributed by atoms with Crippen molar-refractivity contribution in [3.63, 3.8) is 0 Å². The van der Waals surface area contributed by atoms with Crippen LogP contribution in [-0.2, 0) is 0 Å². The van der Waals surface area contributed by atoms with E-state index in [1.807, 2.05) is 6.07 Å². The molecule has 0 fully saturated rings. The van der Waals surface area contributed by atoms with Crippen molar-refractivity contribution in [1.82, 2.24) is 0 Å². The molecule has 3 heteroatoms. The second-order valence-electron chi connectivity index (χ2n) is 5.03. The number of hydrogen-bond acceptors (Lipinski definition) is 2. The Morgan fingerprint density at radius 2 is 1.74 bits per heavy atom. The molecule has 0 amide bonds. The Labute approximate surface area is 124 Å². The first-order chi connectivity index (χ1) is 9.15. The van der Waals surface area contributed by atoms with E-state index in [0.29, 0.717) is 17.7 Å². The highest BCUT2D eigenvalue weighted by atomic mass is 79.9. The zero-order valence-corrected chi connectivity index (χ0v) is 13.3. The number of halogens is 1. The Bertz CT molecular complexity index is 404. The lowest BCUT2D eigenvalue weighted by molar-refractivity contribution is 0.0978. The molecule has 19 heavy (non-hydrogen) atoms. The highest BCUT2D eigenvalue weighted by molar-refractivity contribution is 9.10. The lowest BCUT2D eigenvalue weighted by Crippen LogP contribution is -2.01. The number of anilines is 1. The van der Waals surface area contributed by atoms with Crippen LogP contribution >= 0.6 is 15.9 Å². The summed E-state index contributed by atoms with van der Waals surface area (Å²) < 4.78 is 0.842. The van der Waals surface area contributed by atoms with Gasteiger partial charge in [0.05, 0.1) is 0 Å². The average molecular weight is 326 g/mol. The van der Waals surface area contributed by atoms with Crippen LogP contribution in [0.3, 0.4) is 0 Å². The minimum atomic E-state index is 0.188. The second kappa shape index (κ2) is 9.13. The molecule has 2 N–H and O–H groups in total. The van der Waals surface area contributed by atoms with Gasteiger partial charge in [-0.25, -0.2) is 0 Å². The van der Waals surface area contributed by atoms with Crippen molar-refractivity contribution in [2.45, 2.75) is 58.3 Å². The Hall–Kier alpha value is -0.830. The summed E-state index contributed by atoms with van der Waals surface area (Å²) in [5.41, 5.74) is 7.07. The third-order valence-corrected chi connectivity index (χ3v) is 3.99. The number of carbonyl (C=O) groups excluding carboxylic acids is 1. The number of hydrogen-bond donors (Lipinski definition) is 1. The van der Waals surface area contributed by atoms with Gasteiger partial charge in [-0.3, -0.25) is 4.79 Å². The van der Waals surface area contributed by atoms with Gasteiger partial charge in [-0.1, -0.05) is 61.4 Å². The van der Waals surface area contributed by atoms with E-state index in [1.54, 1.807) is 12.1 Å². The highest BCUT2D eigenvalue weighted by Gasteiger charge is 2.09. The fourth-order valence-electron chi connectivity index (χ4n) is 2.13. The first-order valence-corrected chi connectivity index (χ1v) is 8.02. The van der Waals surface area contributed by atoms with Gasteiger partial charge in [0.2, 0.25) is 0 Å². The molecule has 0 atom stereocenters. The summed E-state index contributed by atoms with van der Waals surface area (Å²) in [6.45, 7) is 2.22. The summed E-state index contributed by atoms with van der Waals surface area (Å²) in [6, 6.07) is 5.40. The number of unbranched alkanes of at least 4 members (excludes halogenated alkanes) is 6. The number of ketones is 1. The van der Waals surface area contributed by atoms with E-state index in [9.17, 15) is 4.79 Å². The number of rotatable bonds is 9. The van der Waals surface area contributed by atoms with E-state index < -0.39 is 0 Å². The monoisotopic (exact) mass is 325 g/mol. The molecule has 2 nitrogen and oxygen atoms in total. The predicted molar refractivity (Wildman–Crippen MR) is 85.5 cm³/mol. The lowest BCUT2D eigenvalue weighted by Gasteiger charge is -2.05. The van der Waals surface area contributed by atoms with Crippen LogP contribution in [0.15, 0.2) is 22.7 Å². The summed E-state index contributed by atoms with van der Waals surface area (Å²) in [7, 11) is 0. The first-order valence-electron chi connectivity index (χ1n) is 7.23. The molecular formula is C16H24BrNO. The number of nitrogens with two attached hydrogens (primary N) is 1. The van der Waals surface area contributed by atoms with Crippen molar-refractivity contribution in [2.24, 2.45) is 0 Å². The maximum atomic E-state index is 12.1. The molecule has 0 aliphatic heterocycles. The Morgan fingerprint density at radius 3 is 2.42 bits per heavy atom. The van der Waals surface area contributed by atoms with E-state index >= 15 is 0 Å². The van der Waals surface area contributed by atoms with Crippen LogP contribution in [0.1, 0.15) is 68.6 Å². The fourth-order valence-corrected chi connectivity index (χ4v) is 2.60. The minimum absolute atomic E-state index is 0.188. The summed E-state index contributed by atoms with van der Waals surface area (Å²) in [5.74, 6) is 0.188. The van der Waals surface area contributed by atoms with E-state index in [1.165, 1.54) is 32.1 Å². The van der Waals surface area contributed by atoms with Crippen LogP contribution < -0.4 is 5.73 Å². The lowest BCUT2D eigenvalue weighted by atomic mass is 10.0. The van der Waals surface area contributed by atoms with Crippen LogP contribution in [0.25, 0.3) is 0 Å². The number of nitrogen functional groups attached to an aromatic ring is 1. The van der Waals surface area contributed by atoms with E-state index in [0.717, 1.165) is 17.3 Å². The van der Waals surface area contributed by atoms with Crippen LogP contribution in [0, 0.1) is 0 Å². The summed E-state index contributed by atoms with van der Waals surface area (Å²) in [4.78, 5) is 12.1. The van der Waals surface area contributed by atoms with Gasteiger partial charge in [0.15, 0.2) is 5.78 Å². The van der Waals surface area contributed by atoms with Gasteiger partial charge in [-0.15, -0.1) is 0 Å². The van der Waals surface area contributed by atoms with Gasteiger partial charge in [0.1, 0.15) is 0 Å². The largest absolute Gasteiger partial charge is 0.399 e. The van der Waals surface area contributed by atoms with Gasteiger partial charge >= 0.3 is 0 Å². The molecule has 0 aliphatic carbocycles. The van der Waals surface area contributed by atoms with E-state index in [2.05, 4.69) is 22.9 Å². The Balaban J connectivity index is 2.26. The van der Waals surface area contributed by atoms with Crippen LogP contribution in [0.2, 0.25) is 0 Å². The molecule has 1 rings (SSSR count). The molecule has 0 radical (unpaired) electrons. The average Bonchev–Trinajstić information content (AvgIpc) is 2.40. The molecule has 0 spiro atoms. The maximum Gasteiger partial charge on any atom is 0.164 e. The molecule has 106 valence electrons. The minimum Gasteiger partial charge on any atom is -0.399 e. The van der Waals surface area contributed by atoms with Crippen LogP contribution in [-0.4, -0.2) is 5.78 Å². The second-order valence-corrected chi connectivity index (χ2v) is 5.89. The molecule has 0 saturated carbocycles. The third-order valence-electron chi connectivity index (χ3n) is 3.30. The van der Waals surface area contributed by atoms with Gasteiger partial charge < -0.3 is 5.73 Å². The van der Waals surface area contributed by atoms with Crippen molar-refractivity contribution in [3.05, 3.63) is 28.2 Å². The third kappa shape index (κ3) is 6.24. The summed E-state index contributed by atoms with van der Waals surface area (Å²) in [6.07, 6.45) is 9.22. The van der Waals surface area contributed by atoms with Crippen molar-refractivity contribution < 1.29 is 4.79 Å². The smallest absolute Gasteiger partial charge is 0.164 e. The molecular weight excluding hydrogens is 302 g/mol. The zero-order chi connectivity index (χ0) is 14.1. The molecule has 1 aromatic rings. The van der Waals surface area contributed by atoms with E-state index in [-0.39, 0.29) is 5.78 Å². The van der Waals surface area contributed by atoms with Gasteiger partial charge in [-0.05, 0) is 24.6 Å². The zero-order valence-electron chi connectivity index (χ0n) is 11.8. The van der Waals surface area contributed by atoms with Crippen molar-refractivity contribution >= 4 is 27.4 Å². The Morgan fingerprint density at radius 1 is 1.11 bits per heavy atom. The topological polar surface area (TPSA) is 43.1 Å². The number of Topliss-reactive ketones (excluding diaryl/α,β-unsaturated/α-hetero) is 1. The van der Waals surface area contributed by atoms with Crippen molar-refractivity contribution in [3.8, 4) is 0 Å². The summed E-state index contributed by atoms with van der Waals surface area (Å²) >= 11 is 3.41. The molecule has 0 saturated heterocycles. The highest BCUT2D eigenvalue weighted by Crippen LogP contribution is 2.22. The van der Waals surface area contributed by atoms with E-state index in [4.69, 9.17) is 5.73 Å². The van der Waals surface area contributed by atoms with Gasteiger partial charge in [0, 0.05) is 22.1 Å². The molecule has 0 aromatic heterocycles. The number of carbonyl (C=O) groups is 1. The molecule has 1 aromatic carbocycles. The normalized spacial score (nSPS) is 10.6. The summed E-state index contributed by atoms with van der Waals surface area (Å²) in [5, 5.41) is 0. The molecule has 0 aliphatic rings. The SMILES string of the molecule is CCCCCCCCCC(=O)c1cc(N)ccc1Br. The fraction of sp³-hybridized carbons (Fsp3) is 0.562. The maximum absolute atomic E-state index is 12.1. The van der Waals surface area contributed by atoms with Gasteiger partial charge in [-0.2, -0.15) is 0 Å². The standard InChI is InChI=1S/C16H24BrNO/c1-2-3-4-5-6-7-8-9-16(19)14-12-13(18)10-11-15(14)17/h10-12H,2-9,18H2,1H3. The Kier molecular flexibility index (Phi) is 7.80. The quantitative estimate of drug-likeness (QED) is 0.377. The van der Waals surface area contributed by atoms with Crippen LogP contribution in [0.5, 0.6) is 0 Å². The number of benzene rings is 1. The first kappa shape index (κ1) is 16.2.